The lowest BCUT2D eigenvalue weighted by Gasteiger charge is -2.06. The van der Waals surface area contributed by atoms with Gasteiger partial charge in [0.05, 0.1) is 23.7 Å². The first-order valence-corrected chi connectivity index (χ1v) is 5.34. The number of aromatic nitrogens is 4. The third-order valence-electron chi connectivity index (χ3n) is 2.03. The normalized spacial score (nSPS) is 10.4. The highest BCUT2D eigenvalue weighted by atomic mass is 35.5. The third-order valence-corrected chi connectivity index (χ3v) is 2.57. The molecule has 0 spiro atoms. The summed E-state index contributed by atoms with van der Waals surface area (Å²) in [6, 6.07) is 5.27. The lowest BCUT2D eigenvalue weighted by Crippen LogP contribution is -2.01. The van der Waals surface area contributed by atoms with Gasteiger partial charge in [0.15, 0.2) is 5.82 Å². The summed E-state index contributed by atoms with van der Waals surface area (Å²) in [5.74, 6) is 1.39. The molecule has 0 aliphatic rings. The van der Waals surface area contributed by atoms with E-state index < -0.39 is 0 Å². The van der Waals surface area contributed by atoms with E-state index >= 15 is 0 Å². The zero-order chi connectivity index (χ0) is 11.5. The molecule has 16 heavy (non-hydrogen) atoms. The zero-order valence-electron chi connectivity index (χ0n) is 8.39. The van der Waals surface area contributed by atoms with Crippen LogP contribution in [0.4, 0.5) is 0 Å². The minimum absolute atomic E-state index is 0.233. The first-order valence-electron chi connectivity index (χ1n) is 4.43. The number of hydrogen-bond acceptors (Lipinski definition) is 4. The predicted octanol–water partition coefficient (Wildman–Crippen LogP) is 2.06. The molecule has 2 rings (SSSR count). The topological polar surface area (TPSA) is 52.8 Å². The van der Waals surface area contributed by atoms with Crippen molar-refractivity contribution in [3.05, 3.63) is 29.0 Å². The van der Waals surface area contributed by atoms with Gasteiger partial charge < -0.3 is 4.74 Å². The number of methoxy groups -OCH3 is 1. The third kappa shape index (κ3) is 1.96. The largest absolute Gasteiger partial charge is 0.495 e. The molecule has 0 aliphatic carbocycles. The van der Waals surface area contributed by atoms with E-state index in [4.69, 9.17) is 27.9 Å². The van der Waals surface area contributed by atoms with Crippen LogP contribution in [0.1, 0.15) is 5.82 Å². The molecule has 0 aliphatic heterocycles. The second-order valence-electron chi connectivity index (χ2n) is 2.96. The summed E-state index contributed by atoms with van der Waals surface area (Å²) in [5, 5.41) is 11.6. The van der Waals surface area contributed by atoms with E-state index in [0.717, 1.165) is 5.69 Å². The molecule has 7 heteroatoms. The van der Waals surface area contributed by atoms with Gasteiger partial charge in [-0.2, -0.15) is 4.68 Å². The molecule has 0 saturated heterocycles. The van der Waals surface area contributed by atoms with Gasteiger partial charge in [-0.1, -0.05) is 11.6 Å². The summed E-state index contributed by atoms with van der Waals surface area (Å²) in [6.07, 6.45) is 0. The van der Waals surface area contributed by atoms with Crippen LogP contribution in [0, 0.1) is 0 Å². The molecule has 1 heterocycles. The molecule has 1 aromatic heterocycles. The van der Waals surface area contributed by atoms with Crippen LogP contribution in [-0.2, 0) is 5.88 Å². The Morgan fingerprint density at radius 2 is 2.25 bits per heavy atom. The van der Waals surface area contributed by atoms with Crippen LogP contribution in [0.5, 0.6) is 5.75 Å². The number of alkyl halides is 1. The Kier molecular flexibility index (Phi) is 3.26. The highest BCUT2D eigenvalue weighted by Gasteiger charge is 2.09. The highest BCUT2D eigenvalue weighted by molar-refractivity contribution is 6.32. The fourth-order valence-corrected chi connectivity index (χ4v) is 1.70. The zero-order valence-corrected chi connectivity index (χ0v) is 9.90. The Balaban J connectivity index is 2.45. The molecule has 0 radical (unpaired) electrons. The maximum absolute atomic E-state index is 6.00. The minimum atomic E-state index is 0.233. The second kappa shape index (κ2) is 4.67. The molecule has 1 aromatic carbocycles. The molecule has 0 amide bonds. The number of hydrogen-bond donors (Lipinski definition) is 0. The molecule has 0 fully saturated rings. The monoisotopic (exact) mass is 258 g/mol. The van der Waals surface area contributed by atoms with Crippen LogP contribution in [0.25, 0.3) is 5.69 Å². The van der Waals surface area contributed by atoms with Crippen LogP contribution in [-0.4, -0.2) is 27.3 Å². The smallest absolute Gasteiger partial charge is 0.171 e. The summed E-state index contributed by atoms with van der Waals surface area (Å²) in [6.45, 7) is 0. The Bertz CT molecular complexity index is 500. The van der Waals surface area contributed by atoms with E-state index in [1.165, 1.54) is 4.68 Å². The minimum Gasteiger partial charge on any atom is -0.495 e. The van der Waals surface area contributed by atoms with Crippen molar-refractivity contribution < 1.29 is 4.74 Å². The standard InChI is InChI=1S/C9H8Cl2N4O/c1-16-8-3-2-6(4-7(8)11)15-9(5-10)12-13-14-15/h2-4H,5H2,1H3. The molecular formula is C9H8Cl2N4O. The number of rotatable bonds is 3. The van der Waals surface area contributed by atoms with E-state index in [0.29, 0.717) is 16.6 Å². The second-order valence-corrected chi connectivity index (χ2v) is 3.63. The Morgan fingerprint density at radius 1 is 1.44 bits per heavy atom. The van der Waals surface area contributed by atoms with Crippen molar-refractivity contribution in [2.45, 2.75) is 5.88 Å². The van der Waals surface area contributed by atoms with Crippen LogP contribution in [0.2, 0.25) is 5.02 Å². The highest BCUT2D eigenvalue weighted by Crippen LogP contribution is 2.26. The molecular weight excluding hydrogens is 251 g/mol. The summed E-state index contributed by atoms with van der Waals surface area (Å²) in [4.78, 5) is 0. The van der Waals surface area contributed by atoms with Gasteiger partial charge in [0.25, 0.3) is 0 Å². The summed E-state index contributed by atoms with van der Waals surface area (Å²) in [7, 11) is 1.56. The quantitative estimate of drug-likeness (QED) is 0.791. The number of tetrazole rings is 1. The Hall–Kier alpha value is -1.33. The van der Waals surface area contributed by atoms with Gasteiger partial charge in [0.1, 0.15) is 5.75 Å². The van der Waals surface area contributed by atoms with Gasteiger partial charge in [-0.05, 0) is 28.6 Å². The molecule has 0 saturated carbocycles. The van der Waals surface area contributed by atoms with E-state index in [-0.39, 0.29) is 5.88 Å². The van der Waals surface area contributed by atoms with Crippen LogP contribution in [0.3, 0.4) is 0 Å². The molecule has 2 aromatic rings. The van der Waals surface area contributed by atoms with E-state index in [9.17, 15) is 0 Å². The summed E-state index contributed by atoms with van der Waals surface area (Å²) >= 11 is 11.7. The predicted molar refractivity (Wildman–Crippen MR) is 60.3 cm³/mol. The van der Waals surface area contributed by atoms with Crippen molar-refractivity contribution >= 4 is 23.2 Å². The fraction of sp³-hybridized carbons (Fsp3) is 0.222. The van der Waals surface area contributed by atoms with Gasteiger partial charge in [0, 0.05) is 0 Å². The van der Waals surface area contributed by atoms with Crippen LogP contribution in [0.15, 0.2) is 18.2 Å². The Morgan fingerprint density at radius 3 is 2.88 bits per heavy atom. The van der Waals surface area contributed by atoms with Gasteiger partial charge in [-0.25, -0.2) is 0 Å². The lowest BCUT2D eigenvalue weighted by atomic mass is 10.3. The van der Waals surface area contributed by atoms with Crippen molar-refractivity contribution in [3.63, 3.8) is 0 Å². The van der Waals surface area contributed by atoms with Crippen molar-refractivity contribution in [3.8, 4) is 11.4 Å². The van der Waals surface area contributed by atoms with Crippen LogP contribution >= 0.6 is 23.2 Å². The molecule has 0 atom stereocenters. The fourth-order valence-electron chi connectivity index (χ4n) is 1.28. The lowest BCUT2D eigenvalue weighted by molar-refractivity contribution is 0.415. The number of ether oxygens (including phenoxy) is 1. The molecule has 0 unspecified atom stereocenters. The average molecular weight is 259 g/mol. The molecule has 84 valence electrons. The van der Waals surface area contributed by atoms with Crippen LogP contribution < -0.4 is 4.74 Å². The van der Waals surface area contributed by atoms with Gasteiger partial charge in [-0.15, -0.1) is 16.7 Å². The first kappa shape index (κ1) is 11.2. The Labute approximate surface area is 102 Å². The van der Waals surface area contributed by atoms with Crippen molar-refractivity contribution in [2.24, 2.45) is 0 Å². The first-order chi connectivity index (χ1) is 7.76. The molecule has 5 nitrogen and oxygen atoms in total. The van der Waals surface area contributed by atoms with Crippen molar-refractivity contribution in [2.75, 3.05) is 7.11 Å². The summed E-state index contributed by atoms with van der Waals surface area (Å²) < 4.78 is 6.58. The van der Waals surface area contributed by atoms with E-state index in [1.807, 2.05) is 0 Å². The molecule has 0 bridgehead atoms. The van der Waals surface area contributed by atoms with Crippen molar-refractivity contribution in [1.29, 1.82) is 0 Å². The number of nitrogens with zero attached hydrogens (tertiary/aromatic N) is 4. The number of halogens is 2. The number of benzene rings is 1. The van der Waals surface area contributed by atoms with E-state index in [1.54, 1.807) is 25.3 Å². The van der Waals surface area contributed by atoms with E-state index in [2.05, 4.69) is 15.5 Å². The maximum atomic E-state index is 6.00. The maximum Gasteiger partial charge on any atom is 0.171 e. The van der Waals surface area contributed by atoms with Gasteiger partial charge in [0.2, 0.25) is 0 Å². The molecule has 0 N–H and O–H groups in total. The van der Waals surface area contributed by atoms with Gasteiger partial charge >= 0.3 is 0 Å². The summed E-state index contributed by atoms with van der Waals surface area (Å²) in [5.41, 5.74) is 0.742. The van der Waals surface area contributed by atoms with Crippen molar-refractivity contribution in [1.82, 2.24) is 20.2 Å². The van der Waals surface area contributed by atoms with Gasteiger partial charge in [-0.3, -0.25) is 0 Å². The average Bonchev–Trinajstić information content (AvgIpc) is 2.77. The SMILES string of the molecule is COc1ccc(-n2nnnc2CCl)cc1Cl.